The van der Waals surface area contributed by atoms with Crippen LogP contribution in [0.4, 0.5) is 0 Å². The van der Waals surface area contributed by atoms with Crippen LogP contribution in [-0.2, 0) is 11.2 Å². The van der Waals surface area contributed by atoms with E-state index in [0.717, 1.165) is 28.7 Å². The molecule has 3 aromatic rings. The number of benzene rings is 3. The van der Waals surface area contributed by atoms with Crippen LogP contribution in [0.15, 0.2) is 66.7 Å². The molecule has 4 rings (SSSR count). The summed E-state index contributed by atoms with van der Waals surface area (Å²) in [5.74, 6) is 1.55. The summed E-state index contributed by atoms with van der Waals surface area (Å²) < 4.78 is 6.51. The van der Waals surface area contributed by atoms with Gasteiger partial charge in [-0.1, -0.05) is 51.1 Å². The molecule has 0 saturated carbocycles. The monoisotopic (exact) mass is 418 g/mol. The molecule has 4 nitrogen and oxygen atoms in total. The Hall–Kier alpha value is -2.98. The van der Waals surface area contributed by atoms with E-state index < -0.39 is 0 Å². The lowest BCUT2D eigenvalue weighted by Gasteiger charge is -2.20. The molecule has 0 aliphatic carbocycles. The van der Waals surface area contributed by atoms with E-state index in [9.17, 15) is 15.3 Å². The van der Waals surface area contributed by atoms with Gasteiger partial charge in [-0.05, 0) is 82.8 Å². The molecule has 1 aliphatic heterocycles. The average molecular weight is 419 g/mol. The molecule has 0 spiro atoms. The fraction of sp³-hybridized carbons (Fsp3) is 0.333. The molecule has 0 aromatic heterocycles. The Bertz CT molecular complexity index is 1030. The van der Waals surface area contributed by atoms with Gasteiger partial charge in [0.25, 0.3) is 0 Å². The summed E-state index contributed by atoms with van der Waals surface area (Å²) in [5, 5.41) is 29.6. The second-order valence-electron chi connectivity index (χ2n) is 8.88. The summed E-state index contributed by atoms with van der Waals surface area (Å²) in [5.41, 5.74) is 4.16. The zero-order chi connectivity index (χ0) is 22.1. The Kier molecular flexibility index (Phi) is 5.92. The molecular weight excluding hydrogens is 388 g/mol. The van der Waals surface area contributed by atoms with Crippen LogP contribution in [0.2, 0.25) is 0 Å². The predicted octanol–water partition coefficient (Wildman–Crippen LogP) is 6.23. The van der Waals surface area contributed by atoms with E-state index in [1.54, 1.807) is 30.3 Å². The zero-order valence-corrected chi connectivity index (χ0v) is 18.2. The lowest BCUT2D eigenvalue weighted by Crippen LogP contribution is -2.10. The topological polar surface area (TPSA) is 69.9 Å². The summed E-state index contributed by atoms with van der Waals surface area (Å²) in [6.45, 7) is 6.52. The largest absolute Gasteiger partial charge is 0.508 e. The first-order valence-electron chi connectivity index (χ1n) is 10.9. The molecule has 0 radical (unpaired) electrons. The van der Waals surface area contributed by atoms with Crippen LogP contribution in [0, 0.1) is 11.8 Å². The molecule has 0 bridgehead atoms. The van der Waals surface area contributed by atoms with Crippen molar-refractivity contribution in [1.82, 2.24) is 0 Å². The number of hydrogen-bond acceptors (Lipinski definition) is 4. The molecule has 3 N–H and O–H groups in total. The highest BCUT2D eigenvalue weighted by Crippen LogP contribution is 2.49. The van der Waals surface area contributed by atoms with E-state index in [0.29, 0.717) is 17.6 Å². The maximum atomic E-state index is 10.5. The van der Waals surface area contributed by atoms with Gasteiger partial charge in [0.05, 0.1) is 12.2 Å². The molecule has 1 aliphatic rings. The summed E-state index contributed by atoms with van der Waals surface area (Å²) in [6.07, 6.45) is 0.673. The molecule has 31 heavy (non-hydrogen) atoms. The van der Waals surface area contributed by atoms with Crippen molar-refractivity contribution < 1.29 is 20.1 Å². The van der Waals surface area contributed by atoms with Gasteiger partial charge in [-0.3, -0.25) is 0 Å². The number of aromatic hydroxyl groups is 3. The molecule has 162 valence electrons. The summed E-state index contributed by atoms with van der Waals surface area (Å²) in [4.78, 5) is 0. The van der Waals surface area contributed by atoms with Crippen molar-refractivity contribution in [2.45, 2.75) is 45.3 Å². The number of phenols is 3. The normalized spacial score (nSPS) is 24.2. The van der Waals surface area contributed by atoms with Crippen molar-refractivity contribution in [2.75, 3.05) is 0 Å². The van der Waals surface area contributed by atoms with Gasteiger partial charge in [-0.25, -0.2) is 0 Å². The lowest BCUT2D eigenvalue weighted by atomic mass is 9.84. The van der Waals surface area contributed by atoms with Crippen molar-refractivity contribution in [3.63, 3.8) is 0 Å². The fourth-order valence-electron chi connectivity index (χ4n) is 4.63. The number of rotatable bonds is 5. The highest BCUT2D eigenvalue weighted by Gasteiger charge is 2.40. The van der Waals surface area contributed by atoms with E-state index in [1.807, 2.05) is 30.3 Å². The van der Waals surface area contributed by atoms with Gasteiger partial charge in [0.15, 0.2) is 0 Å². The van der Waals surface area contributed by atoms with Crippen molar-refractivity contribution in [3.8, 4) is 17.2 Å². The Labute approximate surface area is 183 Å². The second kappa shape index (κ2) is 8.64. The van der Waals surface area contributed by atoms with Crippen molar-refractivity contribution in [3.05, 3.63) is 89.0 Å². The van der Waals surface area contributed by atoms with Gasteiger partial charge in [-0.2, -0.15) is 0 Å². The highest BCUT2D eigenvalue weighted by atomic mass is 16.5. The van der Waals surface area contributed by atoms with E-state index in [2.05, 4.69) is 26.8 Å². The third-order valence-corrected chi connectivity index (χ3v) is 6.69. The third-order valence-electron chi connectivity index (χ3n) is 6.69. The van der Waals surface area contributed by atoms with Gasteiger partial charge in [-0.15, -0.1) is 0 Å². The maximum Gasteiger partial charge on any atom is 0.119 e. The van der Waals surface area contributed by atoms with Crippen LogP contribution in [0.3, 0.4) is 0 Å². The van der Waals surface area contributed by atoms with Crippen LogP contribution < -0.4 is 0 Å². The Balaban J connectivity index is 1.57. The van der Waals surface area contributed by atoms with Gasteiger partial charge in [0, 0.05) is 0 Å². The smallest absolute Gasteiger partial charge is 0.119 e. The maximum absolute atomic E-state index is 10.5. The van der Waals surface area contributed by atoms with E-state index in [-0.39, 0.29) is 29.6 Å². The van der Waals surface area contributed by atoms with Gasteiger partial charge in [0.2, 0.25) is 0 Å². The Morgan fingerprint density at radius 3 is 1.87 bits per heavy atom. The average Bonchev–Trinajstić information content (AvgIpc) is 3.05. The first-order valence-corrected chi connectivity index (χ1v) is 10.9. The van der Waals surface area contributed by atoms with Crippen LogP contribution in [0.5, 0.6) is 17.2 Å². The van der Waals surface area contributed by atoms with Crippen molar-refractivity contribution >= 4 is 0 Å². The molecule has 1 saturated heterocycles. The second-order valence-corrected chi connectivity index (χ2v) is 8.88. The van der Waals surface area contributed by atoms with Crippen LogP contribution in [-0.4, -0.2) is 15.3 Å². The summed E-state index contributed by atoms with van der Waals surface area (Å²) in [6, 6.07) is 20.3. The first kappa shape index (κ1) is 21.3. The van der Waals surface area contributed by atoms with E-state index in [1.165, 1.54) is 0 Å². The third kappa shape index (κ3) is 4.40. The van der Waals surface area contributed by atoms with Gasteiger partial charge in [0.1, 0.15) is 17.2 Å². The number of phenolic OH excluding ortho intramolecular Hbond substituents is 3. The quantitative estimate of drug-likeness (QED) is 0.459. The fourth-order valence-corrected chi connectivity index (χ4v) is 4.63. The van der Waals surface area contributed by atoms with Crippen LogP contribution in [0.25, 0.3) is 0 Å². The molecule has 1 fully saturated rings. The van der Waals surface area contributed by atoms with Crippen molar-refractivity contribution in [1.29, 1.82) is 0 Å². The first-order chi connectivity index (χ1) is 14.8. The summed E-state index contributed by atoms with van der Waals surface area (Å²) >= 11 is 0. The highest BCUT2D eigenvalue weighted by molar-refractivity contribution is 5.41. The zero-order valence-electron chi connectivity index (χ0n) is 18.2. The minimum absolute atomic E-state index is 0.0349. The van der Waals surface area contributed by atoms with Crippen LogP contribution in [0.1, 0.15) is 61.2 Å². The molecule has 5 unspecified atom stereocenters. The molecule has 5 atom stereocenters. The molecule has 4 heteroatoms. The number of ether oxygens (including phenoxy) is 1. The van der Waals surface area contributed by atoms with E-state index >= 15 is 0 Å². The SMILES string of the molecule is CC(Cc1ccc(O)cc1)c1cc(C2OC(c3ccc(O)cc3)C(C)C2C)ccc1O. The molecule has 0 amide bonds. The predicted molar refractivity (Wildman–Crippen MR) is 121 cm³/mol. The Morgan fingerprint density at radius 2 is 1.26 bits per heavy atom. The number of hydrogen-bond donors (Lipinski definition) is 3. The van der Waals surface area contributed by atoms with Gasteiger partial charge < -0.3 is 20.1 Å². The lowest BCUT2D eigenvalue weighted by molar-refractivity contribution is 0.0289. The van der Waals surface area contributed by atoms with Crippen molar-refractivity contribution in [2.24, 2.45) is 11.8 Å². The minimum Gasteiger partial charge on any atom is -0.508 e. The molecule has 1 heterocycles. The molecule has 3 aromatic carbocycles. The molecular formula is C27H30O4. The van der Waals surface area contributed by atoms with E-state index in [4.69, 9.17) is 4.74 Å². The Morgan fingerprint density at radius 1 is 0.742 bits per heavy atom. The van der Waals surface area contributed by atoms with Crippen LogP contribution >= 0.6 is 0 Å². The standard InChI is InChI=1S/C27H30O4/c1-16(14-19-4-9-22(28)10-5-19)24-15-21(8-13-25(24)30)27-18(3)17(2)26(31-27)20-6-11-23(29)12-7-20/h4-13,15-18,26-30H,14H2,1-3H3. The minimum atomic E-state index is -0.0611. The van der Waals surface area contributed by atoms with Gasteiger partial charge >= 0.3 is 0 Å². The summed E-state index contributed by atoms with van der Waals surface area (Å²) in [7, 11) is 0.